The number of alkyl halides is 3. The van der Waals surface area contributed by atoms with E-state index in [1.165, 1.54) is 12.8 Å². The van der Waals surface area contributed by atoms with Gasteiger partial charge in [-0.25, -0.2) is 0 Å². The third-order valence-electron chi connectivity index (χ3n) is 5.77. The first-order valence-corrected chi connectivity index (χ1v) is 9.09. The molecule has 3 atom stereocenters. The highest BCUT2D eigenvalue weighted by atomic mass is 19.4. The van der Waals surface area contributed by atoms with Gasteiger partial charge in [-0.15, -0.1) is 13.2 Å². The predicted octanol–water partition coefficient (Wildman–Crippen LogP) is 0.109. The van der Waals surface area contributed by atoms with Crippen LogP contribution in [0.2, 0.25) is 0 Å². The number of hydrogen-bond donors (Lipinski definition) is 4. The summed E-state index contributed by atoms with van der Waals surface area (Å²) in [5.41, 5.74) is 0.359. The lowest BCUT2D eigenvalue weighted by atomic mass is 9.64. The normalized spacial score (nSPS) is 37.1. The van der Waals surface area contributed by atoms with Gasteiger partial charge >= 0.3 is 6.36 Å². The van der Waals surface area contributed by atoms with Crippen molar-refractivity contribution in [2.45, 2.75) is 63.3 Å². The van der Waals surface area contributed by atoms with Crippen LogP contribution in [0.1, 0.15) is 32.6 Å². The summed E-state index contributed by atoms with van der Waals surface area (Å²) in [6, 6.07) is 0.398. The van der Waals surface area contributed by atoms with Crippen LogP contribution in [0.15, 0.2) is 0 Å². The Morgan fingerprint density at radius 1 is 1.35 bits per heavy atom. The molecule has 4 aliphatic heterocycles. The van der Waals surface area contributed by atoms with Crippen molar-refractivity contribution in [2.24, 2.45) is 5.41 Å². The number of aliphatic hydroxyl groups is 1. The number of amides is 1. The molecule has 7 nitrogen and oxygen atoms in total. The van der Waals surface area contributed by atoms with Crippen molar-refractivity contribution in [1.29, 1.82) is 0 Å². The molecule has 10 heteroatoms. The predicted molar refractivity (Wildman–Crippen MR) is 86.8 cm³/mol. The first kappa shape index (κ1) is 19.8. The highest BCUT2D eigenvalue weighted by Crippen LogP contribution is 2.53. The Labute approximate surface area is 150 Å². The second-order valence-corrected chi connectivity index (χ2v) is 7.66. The minimum Gasteiger partial charge on any atom is -0.378 e. The molecular formula is C16H27F3N4O3. The van der Waals surface area contributed by atoms with Crippen LogP contribution in [-0.2, 0) is 9.53 Å². The zero-order chi connectivity index (χ0) is 18.9. The summed E-state index contributed by atoms with van der Waals surface area (Å²) in [6.45, 7) is 5.54. The van der Waals surface area contributed by atoms with Crippen molar-refractivity contribution >= 4 is 5.91 Å². The quantitative estimate of drug-likeness (QED) is 0.554. The van der Waals surface area contributed by atoms with Crippen LogP contribution in [0.3, 0.4) is 0 Å². The molecule has 0 spiro atoms. The fraction of sp³-hybridized carbons (Fsp3) is 0.938. The molecule has 3 unspecified atom stereocenters. The Balaban J connectivity index is 0.000000349. The number of halogens is 3. The number of rotatable bonds is 4. The Morgan fingerprint density at radius 3 is 2.50 bits per heavy atom. The average molecular weight is 380 g/mol. The van der Waals surface area contributed by atoms with Crippen molar-refractivity contribution in [3.63, 3.8) is 0 Å². The molecule has 4 heterocycles. The number of hydrogen-bond acceptors (Lipinski definition) is 6. The minimum absolute atomic E-state index is 0.104. The van der Waals surface area contributed by atoms with E-state index < -0.39 is 6.36 Å². The van der Waals surface area contributed by atoms with Gasteiger partial charge in [0.15, 0.2) is 0 Å². The Bertz CT molecular complexity index is 498. The molecule has 0 aromatic heterocycles. The van der Waals surface area contributed by atoms with Crippen LogP contribution >= 0.6 is 0 Å². The van der Waals surface area contributed by atoms with Gasteiger partial charge in [-0.1, -0.05) is 0 Å². The summed E-state index contributed by atoms with van der Waals surface area (Å²) >= 11 is 0. The van der Waals surface area contributed by atoms with E-state index in [-0.39, 0.29) is 18.1 Å². The van der Waals surface area contributed by atoms with E-state index in [1.54, 1.807) is 0 Å². The minimum atomic E-state index is -5.00. The van der Waals surface area contributed by atoms with Crippen LogP contribution in [0.4, 0.5) is 13.2 Å². The number of carbonyl (C=O) groups excluding carboxylic acids is 1. The van der Waals surface area contributed by atoms with Crippen molar-refractivity contribution in [2.75, 3.05) is 26.4 Å². The monoisotopic (exact) mass is 380 g/mol. The molecule has 0 aromatic rings. The molecule has 1 amide bonds. The van der Waals surface area contributed by atoms with Gasteiger partial charge in [-0.2, -0.15) is 0 Å². The molecular weight excluding hydrogens is 353 g/mol. The molecule has 2 bridgehead atoms. The zero-order valence-corrected chi connectivity index (χ0v) is 14.8. The first-order valence-electron chi connectivity index (χ1n) is 9.09. The van der Waals surface area contributed by atoms with Gasteiger partial charge in [0.2, 0.25) is 5.91 Å². The van der Waals surface area contributed by atoms with Crippen LogP contribution in [-0.4, -0.2) is 73.0 Å². The van der Waals surface area contributed by atoms with Crippen LogP contribution in [0.25, 0.3) is 0 Å². The van der Waals surface area contributed by atoms with Crippen molar-refractivity contribution in [3.05, 3.63) is 0 Å². The first-order chi connectivity index (χ1) is 12.2. The van der Waals surface area contributed by atoms with E-state index in [0.717, 1.165) is 39.2 Å². The van der Waals surface area contributed by atoms with Crippen LogP contribution < -0.4 is 16.0 Å². The van der Waals surface area contributed by atoms with Crippen LogP contribution in [0.5, 0.6) is 0 Å². The number of fused-ring (bicyclic) bond motifs is 1. The Kier molecular flexibility index (Phi) is 5.78. The molecule has 1 saturated carbocycles. The Morgan fingerprint density at radius 2 is 2.00 bits per heavy atom. The molecule has 5 fully saturated rings. The number of carbonyl (C=O) groups is 1. The summed E-state index contributed by atoms with van der Waals surface area (Å²) in [5.74, 6) is 0.240. The zero-order valence-electron chi connectivity index (χ0n) is 14.8. The van der Waals surface area contributed by atoms with Gasteiger partial charge < -0.3 is 20.1 Å². The second kappa shape index (κ2) is 7.59. The Hall–Kier alpha value is -0.940. The lowest BCUT2D eigenvalue weighted by Crippen LogP contribution is -2.65. The average Bonchev–Trinajstić information content (AvgIpc) is 3.04. The standard InChI is InChI=1S/C15H26N4O2.CHF3O/c1-10(14(20)19-3-2-4-19)18-13-5-12(16-9-17-13)15-6-11(7-15)21-8-15;2-1(3,4)5/h10-13,16-18H,2-9H2,1H3;5H. The smallest absolute Gasteiger partial charge is 0.378 e. The van der Waals surface area contributed by atoms with Gasteiger partial charge in [0.1, 0.15) is 0 Å². The largest absolute Gasteiger partial charge is 0.519 e. The molecule has 0 aromatic carbocycles. The van der Waals surface area contributed by atoms with Crippen molar-refractivity contribution in [1.82, 2.24) is 20.9 Å². The summed E-state index contributed by atoms with van der Waals surface area (Å²) in [6.07, 6.45) is 0.313. The molecule has 26 heavy (non-hydrogen) atoms. The summed E-state index contributed by atoms with van der Waals surface area (Å²) < 4.78 is 35.5. The van der Waals surface area contributed by atoms with Gasteiger partial charge in [0.05, 0.1) is 24.9 Å². The maximum absolute atomic E-state index is 12.2. The van der Waals surface area contributed by atoms with Crippen molar-refractivity contribution < 1.29 is 27.8 Å². The van der Waals surface area contributed by atoms with E-state index in [0.29, 0.717) is 17.6 Å². The number of nitrogens with one attached hydrogen (secondary N) is 3. The topological polar surface area (TPSA) is 85.9 Å². The maximum Gasteiger partial charge on any atom is 0.519 e. The highest BCUT2D eigenvalue weighted by Gasteiger charge is 2.56. The third-order valence-corrected chi connectivity index (χ3v) is 5.77. The SMILES string of the molecule is CC(NC1CC(C23COC(C2)C3)NCN1)C(=O)N1CCC1.OC(F)(F)F. The van der Waals surface area contributed by atoms with Gasteiger partial charge in [-0.05, 0) is 32.6 Å². The summed E-state index contributed by atoms with van der Waals surface area (Å²) in [4.78, 5) is 14.1. The van der Waals surface area contributed by atoms with E-state index in [1.807, 2.05) is 11.8 Å². The summed E-state index contributed by atoms with van der Waals surface area (Å²) in [7, 11) is 0. The fourth-order valence-electron chi connectivity index (χ4n) is 4.24. The third kappa shape index (κ3) is 4.66. The van der Waals surface area contributed by atoms with E-state index in [4.69, 9.17) is 9.84 Å². The summed E-state index contributed by atoms with van der Waals surface area (Å²) in [5, 5.41) is 17.0. The van der Waals surface area contributed by atoms with E-state index >= 15 is 0 Å². The number of nitrogens with zero attached hydrogens (tertiary/aromatic N) is 1. The molecule has 150 valence electrons. The van der Waals surface area contributed by atoms with Crippen LogP contribution in [0, 0.1) is 5.41 Å². The fourth-order valence-corrected chi connectivity index (χ4v) is 4.24. The molecule has 0 radical (unpaired) electrons. The molecule has 4 N–H and O–H groups in total. The maximum atomic E-state index is 12.2. The number of likely N-dealkylation sites (tertiary alicyclic amines) is 1. The molecule has 4 saturated heterocycles. The van der Waals surface area contributed by atoms with Crippen molar-refractivity contribution in [3.8, 4) is 0 Å². The van der Waals surface area contributed by atoms with Gasteiger partial charge in [-0.3, -0.25) is 15.4 Å². The molecule has 5 rings (SSSR count). The van der Waals surface area contributed by atoms with E-state index in [9.17, 15) is 18.0 Å². The lowest BCUT2D eigenvalue weighted by Gasteiger charge is -2.47. The number of ether oxygens (including phenoxy) is 1. The molecule has 5 aliphatic rings. The van der Waals surface area contributed by atoms with Gasteiger partial charge in [0, 0.05) is 31.2 Å². The van der Waals surface area contributed by atoms with E-state index in [2.05, 4.69) is 16.0 Å². The highest BCUT2D eigenvalue weighted by molar-refractivity contribution is 5.82. The second-order valence-electron chi connectivity index (χ2n) is 7.66. The van der Waals surface area contributed by atoms with Gasteiger partial charge in [0.25, 0.3) is 0 Å². The molecule has 1 aliphatic carbocycles. The lowest BCUT2D eigenvalue weighted by molar-refractivity contribution is -0.295.